The van der Waals surface area contributed by atoms with E-state index in [2.05, 4.69) is 5.32 Å². The normalized spacial score (nSPS) is 18.9. The van der Waals surface area contributed by atoms with E-state index in [1.54, 1.807) is 12.1 Å². The van der Waals surface area contributed by atoms with Crippen LogP contribution in [0.3, 0.4) is 0 Å². The molecular weight excluding hydrogens is 332 g/mol. The second-order valence-corrected chi connectivity index (χ2v) is 6.83. The molecule has 1 saturated carbocycles. The maximum atomic E-state index is 12.1. The number of hydrogen-bond donors (Lipinski definition) is 2. The third-order valence-electron chi connectivity index (χ3n) is 3.97. The smallest absolute Gasteiger partial charge is 0.348 e. The number of carbonyl (C=O) groups is 2. The second-order valence-electron chi connectivity index (χ2n) is 5.77. The van der Waals surface area contributed by atoms with Crippen molar-refractivity contribution in [3.05, 3.63) is 45.3 Å². The monoisotopic (exact) mass is 346 g/mol. The fourth-order valence-electron chi connectivity index (χ4n) is 2.47. The van der Waals surface area contributed by atoms with Gasteiger partial charge in [0.1, 0.15) is 4.88 Å². The van der Waals surface area contributed by atoms with E-state index in [4.69, 9.17) is 0 Å². The van der Waals surface area contributed by atoms with Crippen LogP contribution in [0.1, 0.15) is 23.0 Å². The van der Waals surface area contributed by atoms with Crippen LogP contribution in [0.15, 0.2) is 30.3 Å². The van der Waals surface area contributed by atoms with Gasteiger partial charge in [-0.25, -0.2) is 4.79 Å². The standard InChI is InChI=1S/C16H14N2O5S/c1-8-5-11(8)15(19)17-12-7-13(24-14(12)16(20)21)9-3-2-4-10(6-9)18(22)23/h2-4,6-8,11H,5H2,1H3,(H,17,19)(H,20,21)/t8-,11-/m1/s1. The fourth-order valence-corrected chi connectivity index (χ4v) is 3.42. The summed E-state index contributed by atoms with van der Waals surface area (Å²) in [4.78, 5) is 34.4. The van der Waals surface area contributed by atoms with Gasteiger partial charge in [0.05, 0.1) is 10.6 Å². The van der Waals surface area contributed by atoms with Gasteiger partial charge in [-0.1, -0.05) is 19.1 Å². The molecule has 0 saturated heterocycles. The largest absolute Gasteiger partial charge is 0.477 e. The molecule has 1 amide bonds. The predicted octanol–water partition coefficient (Wildman–Crippen LogP) is 3.62. The summed E-state index contributed by atoms with van der Waals surface area (Å²) in [7, 11) is 0. The predicted molar refractivity (Wildman–Crippen MR) is 89.3 cm³/mol. The number of non-ortho nitro benzene ring substituents is 1. The molecule has 24 heavy (non-hydrogen) atoms. The Morgan fingerprint density at radius 1 is 1.38 bits per heavy atom. The molecule has 1 aliphatic carbocycles. The number of carbonyl (C=O) groups excluding carboxylic acids is 1. The second kappa shape index (κ2) is 6.04. The molecule has 1 aliphatic rings. The number of nitro groups is 1. The Morgan fingerprint density at radius 2 is 2.08 bits per heavy atom. The summed E-state index contributed by atoms with van der Waals surface area (Å²) in [5, 5.41) is 22.9. The van der Waals surface area contributed by atoms with Gasteiger partial charge in [-0.15, -0.1) is 11.3 Å². The maximum absolute atomic E-state index is 12.1. The zero-order chi connectivity index (χ0) is 17.4. The van der Waals surface area contributed by atoms with Crippen molar-refractivity contribution in [2.24, 2.45) is 11.8 Å². The van der Waals surface area contributed by atoms with E-state index in [1.807, 2.05) is 6.92 Å². The van der Waals surface area contributed by atoms with E-state index in [0.29, 0.717) is 16.4 Å². The molecule has 1 aromatic carbocycles. The molecule has 1 fully saturated rings. The summed E-state index contributed by atoms with van der Waals surface area (Å²) >= 11 is 0.979. The van der Waals surface area contributed by atoms with Gasteiger partial charge in [0.2, 0.25) is 5.91 Å². The average Bonchev–Trinajstić information content (AvgIpc) is 3.12. The van der Waals surface area contributed by atoms with Crippen LogP contribution in [-0.4, -0.2) is 21.9 Å². The number of thiophene rings is 1. The van der Waals surface area contributed by atoms with Crippen LogP contribution >= 0.6 is 11.3 Å². The van der Waals surface area contributed by atoms with E-state index in [-0.39, 0.29) is 28.1 Å². The van der Waals surface area contributed by atoms with E-state index in [1.165, 1.54) is 18.2 Å². The SMILES string of the molecule is C[C@@H]1C[C@H]1C(=O)Nc1cc(-c2cccc([N+](=O)[O-])c2)sc1C(=O)O. The van der Waals surface area contributed by atoms with Crippen molar-refractivity contribution in [1.29, 1.82) is 0 Å². The number of nitrogens with one attached hydrogen (secondary N) is 1. The number of aromatic carboxylic acids is 1. The lowest BCUT2D eigenvalue weighted by Crippen LogP contribution is -2.15. The number of nitrogens with zero attached hydrogens (tertiary/aromatic N) is 1. The number of carboxylic acid groups (broad SMARTS) is 1. The van der Waals surface area contributed by atoms with Crippen molar-refractivity contribution in [2.45, 2.75) is 13.3 Å². The Bertz CT molecular complexity index is 845. The molecular formula is C16H14N2O5S. The van der Waals surface area contributed by atoms with Crippen LogP contribution in [0.4, 0.5) is 11.4 Å². The van der Waals surface area contributed by atoms with Crippen molar-refractivity contribution in [3.63, 3.8) is 0 Å². The van der Waals surface area contributed by atoms with Crippen molar-refractivity contribution in [3.8, 4) is 10.4 Å². The lowest BCUT2D eigenvalue weighted by atomic mass is 10.1. The van der Waals surface area contributed by atoms with E-state index in [0.717, 1.165) is 17.8 Å². The first kappa shape index (κ1) is 16.1. The first-order valence-corrected chi connectivity index (χ1v) is 8.11. The zero-order valence-electron chi connectivity index (χ0n) is 12.7. The minimum absolute atomic E-state index is 0.0122. The summed E-state index contributed by atoms with van der Waals surface area (Å²) in [5.74, 6) is -1.09. The molecule has 0 bridgehead atoms. The Morgan fingerprint density at radius 3 is 2.67 bits per heavy atom. The topological polar surface area (TPSA) is 110 Å². The molecule has 2 atom stereocenters. The summed E-state index contributed by atoms with van der Waals surface area (Å²) in [6.07, 6.45) is 0.802. The Balaban J connectivity index is 1.93. The molecule has 7 nitrogen and oxygen atoms in total. The number of amides is 1. The van der Waals surface area contributed by atoms with Crippen LogP contribution < -0.4 is 5.32 Å². The molecule has 0 radical (unpaired) electrons. The summed E-state index contributed by atoms with van der Waals surface area (Å²) < 4.78 is 0. The van der Waals surface area contributed by atoms with Crippen molar-refractivity contribution in [2.75, 3.05) is 5.32 Å². The van der Waals surface area contributed by atoms with Crippen LogP contribution in [0.5, 0.6) is 0 Å². The number of rotatable bonds is 5. The Kier molecular flexibility index (Phi) is 4.06. The molecule has 0 aliphatic heterocycles. The van der Waals surface area contributed by atoms with Crippen molar-refractivity contribution < 1.29 is 19.6 Å². The van der Waals surface area contributed by atoms with Gasteiger partial charge >= 0.3 is 5.97 Å². The van der Waals surface area contributed by atoms with Crippen molar-refractivity contribution in [1.82, 2.24) is 0 Å². The molecule has 2 aromatic rings. The van der Waals surface area contributed by atoms with Gasteiger partial charge in [-0.2, -0.15) is 0 Å². The van der Waals surface area contributed by atoms with Crippen molar-refractivity contribution >= 4 is 34.6 Å². The minimum atomic E-state index is -1.14. The van der Waals surface area contributed by atoms with Gasteiger partial charge in [0, 0.05) is 22.9 Å². The molecule has 0 spiro atoms. The van der Waals surface area contributed by atoms with Crippen LogP contribution in [0.2, 0.25) is 0 Å². The number of anilines is 1. The van der Waals surface area contributed by atoms with E-state index >= 15 is 0 Å². The van der Waals surface area contributed by atoms with Gasteiger partial charge in [-0.05, 0) is 24.0 Å². The molecule has 2 N–H and O–H groups in total. The highest BCUT2D eigenvalue weighted by atomic mass is 32.1. The minimum Gasteiger partial charge on any atom is -0.477 e. The highest BCUT2D eigenvalue weighted by molar-refractivity contribution is 7.18. The maximum Gasteiger partial charge on any atom is 0.348 e. The Labute approximate surface area is 141 Å². The molecule has 124 valence electrons. The molecule has 1 aromatic heterocycles. The van der Waals surface area contributed by atoms with Gasteiger partial charge in [0.15, 0.2) is 0 Å². The fraction of sp³-hybridized carbons (Fsp3) is 0.250. The lowest BCUT2D eigenvalue weighted by Gasteiger charge is -2.02. The third-order valence-corrected chi connectivity index (χ3v) is 5.14. The van der Waals surface area contributed by atoms with Gasteiger partial charge in [0.25, 0.3) is 5.69 Å². The number of benzene rings is 1. The third kappa shape index (κ3) is 3.13. The van der Waals surface area contributed by atoms with Gasteiger partial charge in [-0.3, -0.25) is 14.9 Å². The molecule has 1 heterocycles. The number of nitro benzene ring substituents is 1. The molecule has 3 rings (SSSR count). The number of carboxylic acids is 1. The first-order chi connectivity index (χ1) is 11.4. The first-order valence-electron chi connectivity index (χ1n) is 7.29. The number of hydrogen-bond acceptors (Lipinski definition) is 5. The van der Waals surface area contributed by atoms with E-state index < -0.39 is 10.9 Å². The summed E-state index contributed by atoms with van der Waals surface area (Å²) in [6.45, 7) is 1.96. The quantitative estimate of drug-likeness (QED) is 0.635. The summed E-state index contributed by atoms with van der Waals surface area (Å²) in [5.41, 5.74) is 0.699. The summed E-state index contributed by atoms with van der Waals surface area (Å²) in [6, 6.07) is 7.51. The van der Waals surface area contributed by atoms with Gasteiger partial charge < -0.3 is 10.4 Å². The molecule has 0 unspecified atom stereocenters. The lowest BCUT2D eigenvalue weighted by molar-refractivity contribution is -0.384. The van der Waals surface area contributed by atoms with Crippen LogP contribution in [0.25, 0.3) is 10.4 Å². The highest BCUT2D eigenvalue weighted by Gasteiger charge is 2.39. The van der Waals surface area contributed by atoms with Crippen LogP contribution in [-0.2, 0) is 4.79 Å². The zero-order valence-corrected chi connectivity index (χ0v) is 13.5. The highest BCUT2D eigenvalue weighted by Crippen LogP contribution is 2.40. The van der Waals surface area contributed by atoms with E-state index in [9.17, 15) is 24.8 Å². The molecule has 8 heteroatoms. The average molecular weight is 346 g/mol. The van der Waals surface area contributed by atoms with Crippen LogP contribution in [0, 0.1) is 22.0 Å². The Hall–Kier alpha value is -2.74.